The molecule has 98 valence electrons. The Morgan fingerprint density at radius 3 is 2.78 bits per heavy atom. The molecule has 0 spiro atoms. The number of nitrogens with two attached hydrogens (primary N) is 1. The molecular formula is C12H19N5O. The van der Waals surface area contributed by atoms with Crippen molar-refractivity contribution < 1.29 is 0 Å². The van der Waals surface area contributed by atoms with Gasteiger partial charge in [0.05, 0.1) is 0 Å². The van der Waals surface area contributed by atoms with Crippen molar-refractivity contribution in [1.29, 1.82) is 0 Å². The standard InChI is InChI=1S/C12H19N5O/c1-7-14-8(5-9(13)12(2,3)4)6-10-15-16-11(18)17(7)10/h6,9H,5,13H2,1-4H3,(H,16,18). The third-order valence-corrected chi connectivity index (χ3v) is 3.16. The van der Waals surface area contributed by atoms with Gasteiger partial charge in [-0.05, 0) is 12.3 Å². The highest BCUT2D eigenvalue weighted by molar-refractivity contribution is 5.38. The summed E-state index contributed by atoms with van der Waals surface area (Å²) in [5.74, 6) is 0.627. The largest absolute Gasteiger partial charge is 0.349 e. The molecule has 6 heteroatoms. The Hall–Kier alpha value is -1.69. The molecule has 1 unspecified atom stereocenters. The van der Waals surface area contributed by atoms with Crippen LogP contribution in [0.5, 0.6) is 0 Å². The molecule has 0 aliphatic heterocycles. The van der Waals surface area contributed by atoms with E-state index in [9.17, 15) is 4.79 Å². The van der Waals surface area contributed by atoms with Gasteiger partial charge < -0.3 is 5.73 Å². The monoisotopic (exact) mass is 249 g/mol. The van der Waals surface area contributed by atoms with Crippen LogP contribution in [-0.2, 0) is 6.42 Å². The third-order valence-electron chi connectivity index (χ3n) is 3.16. The number of hydrogen-bond donors (Lipinski definition) is 2. The van der Waals surface area contributed by atoms with E-state index in [1.54, 1.807) is 13.0 Å². The van der Waals surface area contributed by atoms with Crippen molar-refractivity contribution in [2.75, 3.05) is 0 Å². The zero-order chi connectivity index (χ0) is 13.5. The third kappa shape index (κ3) is 2.28. The van der Waals surface area contributed by atoms with Crippen molar-refractivity contribution in [3.63, 3.8) is 0 Å². The maximum atomic E-state index is 11.5. The van der Waals surface area contributed by atoms with Gasteiger partial charge in [-0.25, -0.2) is 19.3 Å². The normalized spacial score (nSPS) is 14.1. The number of aryl methyl sites for hydroxylation is 1. The van der Waals surface area contributed by atoms with Crippen LogP contribution < -0.4 is 11.4 Å². The van der Waals surface area contributed by atoms with Crippen molar-refractivity contribution in [2.24, 2.45) is 11.1 Å². The Kier molecular flexibility index (Phi) is 2.98. The molecule has 0 bridgehead atoms. The average molecular weight is 249 g/mol. The second-order valence-corrected chi connectivity index (χ2v) is 5.69. The van der Waals surface area contributed by atoms with Crippen molar-refractivity contribution in [3.8, 4) is 0 Å². The van der Waals surface area contributed by atoms with Crippen molar-refractivity contribution in [1.82, 2.24) is 19.6 Å². The number of rotatable bonds is 2. The topological polar surface area (TPSA) is 89.1 Å². The molecule has 0 radical (unpaired) electrons. The smallest absolute Gasteiger partial charge is 0.327 e. The van der Waals surface area contributed by atoms with Gasteiger partial charge in [-0.2, -0.15) is 5.10 Å². The minimum atomic E-state index is -0.262. The summed E-state index contributed by atoms with van der Waals surface area (Å²) in [6.45, 7) is 8.09. The summed E-state index contributed by atoms with van der Waals surface area (Å²) in [7, 11) is 0. The van der Waals surface area contributed by atoms with Gasteiger partial charge in [0.2, 0.25) is 0 Å². The Morgan fingerprint density at radius 2 is 2.17 bits per heavy atom. The van der Waals surface area contributed by atoms with Gasteiger partial charge in [0.1, 0.15) is 5.82 Å². The highest BCUT2D eigenvalue weighted by Crippen LogP contribution is 2.20. The molecule has 0 aliphatic carbocycles. The molecule has 2 rings (SSSR count). The Bertz CT molecular complexity index is 619. The second kappa shape index (κ2) is 4.20. The summed E-state index contributed by atoms with van der Waals surface area (Å²) in [5.41, 5.74) is 7.35. The van der Waals surface area contributed by atoms with Crippen LogP contribution in [0, 0.1) is 12.3 Å². The lowest BCUT2D eigenvalue weighted by Crippen LogP contribution is -2.37. The molecule has 0 fully saturated rings. The quantitative estimate of drug-likeness (QED) is 0.817. The van der Waals surface area contributed by atoms with Gasteiger partial charge in [0.15, 0.2) is 5.65 Å². The summed E-state index contributed by atoms with van der Waals surface area (Å²) < 4.78 is 1.45. The Labute approximate surface area is 105 Å². The predicted molar refractivity (Wildman–Crippen MR) is 69.5 cm³/mol. The lowest BCUT2D eigenvalue weighted by Gasteiger charge is -2.26. The lowest BCUT2D eigenvalue weighted by molar-refractivity contribution is 0.316. The van der Waals surface area contributed by atoms with Gasteiger partial charge in [0, 0.05) is 24.2 Å². The van der Waals surface area contributed by atoms with E-state index in [0.717, 1.165) is 5.69 Å². The molecule has 0 amide bonds. The van der Waals surface area contributed by atoms with E-state index < -0.39 is 0 Å². The van der Waals surface area contributed by atoms with Crippen LogP contribution in [0.25, 0.3) is 5.65 Å². The van der Waals surface area contributed by atoms with Gasteiger partial charge in [-0.15, -0.1) is 0 Å². The van der Waals surface area contributed by atoms with Crippen LogP contribution in [-0.4, -0.2) is 25.6 Å². The first-order valence-corrected chi connectivity index (χ1v) is 5.98. The van der Waals surface area contributed by atoms with E-state index >= 15 is 0 Å². The maximum Gasteiger partial charge on any atom is 0.349 e. The molecule has 3 N–H and O–H groups in total. The number of nitrogens with zero attached hydrogens (tertiary/aromatic N) is 3. The van der Waals surface area contributed by atoms with Gasteiger partial charge >= 0.3 is 5.69 Å². The van der Waals surface area contributed by atoms with Crippen LogP contribution in [0.1, 0.15) is 32.3 Å². The van der Waals surface area contributed by atoms with Crippen LogP contribution in [0.2, 0.25) is 0 Å². The molecule has 1 atom stereocenters. The Morgan fingerprint density at radius 1 is 1.50 bits per heavy atom. The second-order valence-electron chi connectivity index (χ2n) is 5.69. The molecule has 0 saturated carbocycles. The minimum Gasteiger partial charge on any atom is -0.327 e. The zero-order valence-electron chi connectivity index (χ0n) is 11.2. The summed E-state index contributed by atoms with van der Waals surface area (Å²) in [4.78, 5) is 15.9. The number of nitrogens with one attached hydrogen (secondary N) is 1. The first-order chi connectivity index (χ1) is 8.29. The number of fused-ring (bicyclic) bond motifs is 1. The highest BCUT2D eigenvalue weighted by Gasteiger charge is 2.21. The van der Waals surface area contributed by atoms with Crippen LogP contribution >= 0.6 is 0 Å². The molecule has 2 aromatic rings. The summed E-state index contributed by atoms with van der Waals surface area (Å²) in [5, 5.41) is 6.37. The molecule has 2 aromatic heterocycles. The predicted octanol–water partition coefficient (Wildman–Crippen LogP) is 0.642. The van der Waals surface area contributed by atoms with Crippen molar-refractivity contribution in [3.05, 3.63) is 28.1 Å². The van der Waals surface area contributed by atoms with Gasteiger partial charge in [0.25, 0.3) is 0 Å². The van der Waals surface area contributed by atoms with E-state index in [4.69, 9.17) is 5.73 Å². The van der Waals surface area contributed by atoms with E-state index in [-0.39, 0.29) is 17.1 Å². The van der Waals surface area contributed by atoms with Crippen LogP contribution in [0.4, 0.5) is 0 Å². The van der Waals surface area contributed by atoms with E-state index in [1.807, 2.05) is 0 Å². The lowest BCUT2D eigenvalue weighted by atomic mass is 9.85. The van der Waals surface area contributed by atoms with E-state index in [1.165, 1.54) is 4.40 Å². The molecule has 18 heavy (non-hydrogen) atoms. The Balaban J connectivity index is 2.39. The summed E-state index contributed by atoms with van der Waals surface area (Å²) in [6, 6.07) is 1.81. The molecule has 6 nitrogen and oxygen atoms in total. The van der Waals surface area contributed by atoms with Crippen LogP contribution in [0.3, 0.4) is 0 Å². The molecular weight excluding hydrogens is 230 g/mol. The van der Waals surface area contributed by atoms with E-state index in [2.05, 4.69) is 36.0 Å². The van der Waals surface area contributed by atoms with Crippen molar-refractivity contribution >= 4 is 5.65 Å². The first-order valence-electron chi connectivity index (χ1n) is 5.98. The minimum absolute atomic E-state index is 0.0116. The number of aromatic amines is 1. The summed E-state index contributed by atoms with van der Waals surface area (Å²) >= 11 is 0. The van der Waals surface area contributed by atoms with Gasteiger partial charge in [-0.1, -0.05) is 20.8 Å². The van der Waals surface area contributed by atoms with E-state index in [0.29, 0.717) is 17.9 Å². The molecule has 0 aliphatic rings. The molecule has 0 aromatic carbocycles. The highest BCUT2D eigenvalue weighted by atomic mass is 16.1. The SMILES string of the molecule is Cc1nc(CC(N)C(C)(C)C)cc2n[nH]c(=O)n12. The van der Waals surface area contributed by atoms with Crippen LogP contribution in [0.15, 0.2) is 10.9 Å². The fourth-order valence-electron chi connectivity index (χ4n) is 1.79. The maximum absolute atomic E-state index is 11.5. The van der Waals surface area contributed by atoms with Crippen molar-refractivity contribution in [2.45, 2.75) is 40.2 Å². The first kappa shape index (κ1) is 12.8. The molecule has 2 heterocycles. The zero-order valence-corrected chi connectivity index (χ0v) is 11.2. The summed E-state index contributed by atoms with van der Waals surface area (Å²) in [6.07, 6.45) is 0.669. The number of H-pyrrole nitrogens is 1. The average Bonchev–Trinajstić information content (AvgIpc) is 2.59. The van der Waals surface area contributed by atoms with Gasteiger partial charge in [-0.3, -0.25) is 0 Å². The number of aromatic nitrogens is 4. The fraction of sp³-hybridized carbons (Fsp3) is 0.583. The number of hydrogen-bond acceptors (Lipinski definition) is 4. The fourth-order valence-corrected chi connectivity index (χ4v) is 1.79. The molecule has 0 saturated heterocycles.